The summed E-state index contributed by atoms with van der Waals surface area (Å²) in [5, 5.41) is 5.83. The van der Waals surface area contributed by atoms with E-state index in [0.29, 0.717) is 12.8 Å². The second-order valence-electron chi connectivity index (χ2n) is 4.94. The SMILES string of the molecule is COC(=O)CC(NC(=O)[C@H]1CCN[C@@H](C)C1)C(=O)OC.Cl. The van der Waals surface area contributed by atoms with Crippen LogP contribution in [0.15, 0.2) is 0 Å². The van der Waals surface area contributed by atoms with Gasteiger partial charge in [-0.1, -0.05) is 0 Å². The molecule has 122 valence electrons. The maximum atomic E-state index is 12.1. The number of amides is 1. The summed E-state index contributed by atoms with van der Waals surface area (Å²) < 4.78 is 9.10. The summed E-state index contributed by atoms with van der Waals surface area (Å²) >= 11 is 0. The van der Waals surface area contributed by atoms with Crippen molar-refractivity contribution in [3.05, 3.63) is 0 Å². The van der Waals surface area contributed by atoms with E-state index in [1.54, 1.807) is 0 Å². The van der Waals surface area contributed by atoms with Gasteiger partial charge in [-0.05, 0) is 26.3 Å². The molecule has 3 atom stereocenters. The normalized spacial score (nSPS) is 22.4. The largest absolute Gasteiger partial charge is 0.469 e. The first-order chi connectivity index (χ1) is 9.47. The number of hydrogen-bond acceptors (Lipinski definition) is 6. The summed E-state index contributed by atoms with van der Waals surface area (Å²) in [4.78, 5) is 35.0. The van der Waals surface area contributed by atoms with Crippen LogP contribution in [-0.2, 0) is 23.9 Å². The van der Waals surface area contributed by atoms with Gasteiger partial charge in [0.1, 0.15) is 6.04 Å². The van der Waals surface area contributed by atoms with Gasteiger partial charge in [0.05, 0.1) is 20.6 Å². The Labute approximate surface area is 130 Å². The quantitative estimate of drug-likeness (QED) is 0.693. The highest BCUT2D eigenvalue weighted by atomic mass is 35.5. The van der Waals surface area contributed by atoms with Gasteiger partial charge in [0.25, 0.3) is 0 Å². The molecule has 2 N–H and O–H groups in total. The number of piperidine rings is 1. The first kappa shape index (κ1) is 19.7. The minimum atomic E-state index is -0.995. The molecule has 7 nitrogen and oxygen atoms in total. The van der Waals surface area contributed by atoms with E-state index in [4.69, 9.17) is 0 Å². The van der Waals surface area contributed by atoms with Gasteiger partial charge in [-0.2, -0.15) is 0 Å². The predicted molar refractivity (Wildman–Crippen MR) is 78.0 cm³/mol. The van der Waals surface area contributed by atoms with E-state index in [1.807, 2.05) is 6.92 Å². The van der Waals surface area contributed by atoms with Crippen molar-refractivity contribution >= 4 is 30.3 Å². The summed E-state index contributed by atoms with van der Waals surface area (Å²) in [5.41, 5.74) is 0. The van der Waals surface area contributed by atoms with Crippen molar-refractivity contribution in [1.82, 2.24) is 10.6 Å². The summed E-state index contributed by atoms with van der Waals surface area (Å²) in [6.45, 7) is 2.77. The molecule has 0 aromatic rings. The molecule has 1 amide bonds. The Morgan fingerprint density at radius 1 is 1.29 bits per heavy atom. The lowest BCUT2D eigenvalue weighted by Gasteiger charge is -2.28. The van der Waals surface area contributed by atoms with Gasteiger partial charge in [0.2, 0.25) is 5.91 Å². The third-order valence-electron chi connectivity index (χ3n) is 3.40. The molecule has 0 bridgehead atoms. The number of carbonyl (C=O) groups is 3. The van der Waals surface area contributed by atoms with Gasteiger partial charge in [-0.3, -0.25) is 9.59 Å². The standard InChI is InChI=1S/C13H22N2O5.ClH/c1-8-6-9(4-5-14-8)12(17)15-10(13(18)20-3)7-11(16)19-2;/h8-10,14H,4-7H2,1-3H3,(H,15,17);1H/t8-,9-,10?;/m0./s1. The van der Waals surface area contributed by atoms with Crippen LogP contribution < -0.4 is 10.6 Å². The van der Waals surface area contributed by atoms with Crippen LogP contribution in [0.3, 0.4) is 0 Å². The number of hydrogen-bond donors (Lipinski definition) is 2. The third kappa shape index (κ3) is 6.31. The van der Waals surface area contributed by atoms with Crippen LogP contribution in [0.1, 0.15) is 26.2 Å². The second kappa shape index (κ2) is 9.57. The van der Waals surface area contributed by atoms with Crippen LogP contribution >= 0.6 is 12.4 Å². The van der Waals surface area contributed by atoms with E-state index in [-0.39, 0.29) is 36.7 Å². The molecule has 1 aliphatic heterocycles. The van der Waals surface area contributed by atoms with Crippen LogP contribution in [0, 0.1) is 5.92 Å². The number of halogens is 1. The van der Waals surface area contributed by atoms with Crippen molar-refractivity contribution in [1.29, 1.82) is 0 Å². The van der Waals surface area contributed by atoms with Crippen molar-refractivity contribution in [3.63, 3.8) is 0 Å². The lowest BCUT2D eigenvalue weighted by Crippen LogP contribution is -2.48. The Kier molecular flexibility index (Phi) is 8.96. The molecular formula is C13H23ClN2O5. The smallest absolute Gasteiger partial charge is 0.328 e. The monoisotopic (exact) mass is 322 g/mol. The van der Waals surface area contributed by atoms with Crippen LogP contribution in [0.25, 0.3) is 0 Å². The number of nitrogens with one attached hydrogen (secondary N) is 2. The summed E-state index contributed by atoms with van der Waals surface area (Å²) in [5.74, 6) is -1.60. The lowest BCUT2D eigenvalue weighted by molar-refractivity contribution is -0.151. The fourth-order valence-electron chi connectivity index (χ4n) is 2.25. The maximum Gasteiger partial charge on any atom is 0.328 e. The average molecular weight is 323 g/mol. The fourth-order valence-corrected chi connectivity index (χ4v) is 2.25. The molecule has 1 saturated heterocycles. The molecule has 1 heterocycles. The number of rotatable bonds is 5. The van der Waals surface area contributed by atoms with Gasteiger partial charge in [-0.25, -0.2) is 4.79 Å². The van der Waals surface area contributed by atoms with Gasteiger partial charge in [-0.15, -0.1) is 12.4 Å². The third-order valence-corrected chi connectivity index (χ3v) is 3.40. The Hall–Kier alpha value is -1.34. The van der Waals surface area contributed by atoms with E-state index >= 15 is 0 Å². The predicted octanol–water partition coefficient (Wildman–Crippen LogP) is 0.0172. The highest BCUT2D eigenvalue weighted by Crippen LogP contribution is 2.16. The maximum absolute atomic E-state index is 12.1. The fraction of sp³-hybridized carbons (Fsp3) is 0.769. The molecule has 0 aromatic heterocycles. The molecule has 8 heteroatoms. The minimum Gasteiger partial charge on any atom is -0.469 e. The van der Waals surface area contributed by atoms with Crippen molar-refractivity contribution < 1.29 is 23.9 Å². The van der Waals surface area contributed by atoms with E-state index in [2.05, 4.69) is 20.1 Å². The first-order valence-corrected chi connectivity index (χ1v) is 6.66. The van der Waals surface area contributed by atoms with E-state index in [9.17, 15) is 14.4 Å². The molecule has 0 saturated carbocycles. The number of methoxy groups -OCH3 is 2. The Morgan fingerprint density at radius 2 is 1.95 bits per heavy atom. The first-order valence-electron chi connectivity index (χ1n) is 6.66. The van der Waals surface area contributed by atoms with Crippen LogP contribution in [0.4, 0.5) is 0 Å². The van der Waals surface area contributed by atoms with Gasteiger partial charge in [0, 0.05) is 12.0 Å². The average Bonchev–Trinajstić information content (AvgIpc) is 2.45. The highest BCUT2D eigenvalue weighted by molar-refractivity contribution is 5.88. The molecule has 0 spiro atoms. The molecule has 21 heavy (non-hydrogen) atoms. The van der Waals surface area contributed by atoms with E-state index in [0.717, 1.165) is 6.54 Å². The van der Waals surface area contributed by atoms with Crippen molar-refractivity contribution in [2.75, 3.05) is 20.8 Å². The summed E-state index contributed by atoms with van der Waals surface area (Å²) in [6, 6.07) is -0.734. The Bertz CT molecular complexity index is 378. The molecule has 1 aliphatic rings. The lowest BCUT2D eigenvalue weighted by atomic mass is 9.92. The van der Waals surface area contributed by atoms with Crippen LogP contribution in [0.5, 0.6) is 0 Å². The van der Waals surface area contributed by atoms with Crippen LogP contribution in [-0.4, -0.2) is 50.7 Å². The Morgan fingerprint density at radius 3 is 2.48 bits per heavy atom. The summed E-state index contributed by atoms with van der Waals surface area (Å²) in [6.07, 6.45) is 1.19. The van der Waals surface area contributed by atoms with Crippen LogP contribution in [0.2, 0.25) is 0 Å². The zero-order valence-corrected chi connectivity index (χ0v) is 13.3. The second-order valence-corrected chi connectivity index (χ2v) is 4.94. The van der Waals surface area contributed by atoms with Crippen molar-refractivity contribution in [2.24, 2.45) is 5.92 Å². The van der Waals surface area contributed by atoms with Gasteiger partial charge < -0.3 is 20.1 Å². The molecule has 1 rings (SSSR count). The molecule has 0 aliphatic carbocycles. The minimum absolute atomic E-state index is 0. The van der Waals surface area contributed by atoms with Gasteiger partial charge >= 0.3 is 11.9 Å². The van der Waals surface area contributed by atoms with Crippen molar-refractivity contribution in [2.45, 2.75) is 38.3 Å². The molecule has 0 radical (unpaired) electrons. The highest BCUT2D eigenvalue weighted by Gasteiger charge is 2.30. The molecule has 1 fully saturated rings. The molecule has 1 unspecified atom stereocenters. The van der Waals surface area contributed by atoms with Crippen molar-refractivity contribution in [3.8, 4) is 0 Å². The summed E-state index contributed by atoms with van der Waals surface area (Å²) in [7, 11) is 2.44. The van der Waals surface area contributed by atoms with E-state index in [1.165, 1.54) is 14.2 Å². The van der Waals surface area contributed by atoms with E-state index < -0.39 is 18.0 Å². The Balaban J connectivity index is 0.00000400. The zero-order chi connectivity index (χ0) is 15.1. The van der Waals surface area contributed by atoms with Gasteiger partial charge in [0.15, 0.2) is 0 Å². The number of esters is 2. The number of carbonyl (C=O) groups excluding carboxylic acids is 3. The topological polar surface area (TPSA) is 93.7 Å². The zero-order valence-electron chi connectivity index (χ0n) is 12.5. The molecule has 0 aromatic carbocycles. The molecular weight excluding hydrogens is 300 g/mol. The number of ether oxygens (including phenoxy) is 2.